The van der Waals surface area contributed by atoms with Crippen molar-refractivity contribution in [3.05, 3.63) is 117 Å². The van der Waals surface area contributed by atoms with Gasteiger partial charge >= 0.3 is 0 Å². The maximum absolute atomic E-state index is 13.1. The molecule has 0 bridgehead atoms. The monoisotopic (exact) mass is 721 g/mol. The average Bonchev–Trinajstić information content (AvgIpc) is 3.56. The molecule has 4 aromatic rings. The Hall–Kier alpha value is -5.72. The third kappa shape index (κ3) is 7.88. The van der Waals surface area contributed by atoms with E-state index in [1.165, 1.54) is 11.0 Å². The highest BCUT2D eigenvalue weighted by Gasteiger charge is 2.39. The summed E-state index contributed by atoms with van der Waals surface area (Å²) in [5.41, 5.74) is 4.76. The smallest absolute Gasteiger partial charge is 0.265 e. The largest absolute Gasteiger partial charge is 0.507 e. The van der Waals surface area contributed by atoms with Gasteiger partial charge in [0.05, 0.1) is 69.4 Å². The number of ether oxygens (including phenoxy) is 4. The maximum Gasteiger partial charge on any atom is 0.265 e. The van der Waals surface area contributed by atoms with Gasteiger partial charge in [-0.25, -0.2) is 0 Å². The van der Waals surface area contributed by atoms with E-state index in [2.05, 4.69) is 4.90 Å². The number of aryl methyl sites for hydroxylation is 2. The van der Waals surface area contributed by atoms with Crippen LogP contribution in [0, 0.1) is 13.8 Å². The van der Waals surface area contributed by atoms with E-state index in [0.717, 1.165) is 77.9 Å². The van der Waals surface area contributed by atoms with Crippen molar-refractivity contribution in [2.45, 2.75) is 33.4 Å². The number of imide groups is 2. The Morgan fingerprint density at radius 1 is 0.679 bits per heavy atom. The van der Waals surface area contributed by atoms with E-state index < -0.39 is 5.91 Å². The second-order valence-electron chi connectivity index (χ2n) is 13.0. The summed E-state index contributed by atoms with van der Waals surface area (Å²) < 4.78 is 21.7. The zero-order valence-corrected chi connectivity index (χ0v) is 30.3. The first-order chi connectivity index (χ1) is 25.6. The number of nitrogens with zero attached hydrogens (tertiary/aromatic N) is 3. The summed E-state index contributed by atoms with van der Waals surface area (Å²) in [5, 5.41) is 9.81. The molecule has 53 heavy (non-hydrogen) atoms. The van der Waals surface area contributed by atoms with E-state index >= 15 is 0 Å². The summed E-state index contributed by atoms with van der Waals surface area (Å²) in [4.78, 5) is 55.6. The lowest BCUT2D eigenvalue weighted by molar-refractivity contribution is 0.0357. The summed E-state index contributed by atoms with van der Waals surface area (Å²) >= 11 is 0. The standard InChI is InChI=1S/C24H28N2O5.C17H15NO4/c1-17-15-19(29-2)8-7-18(17)16-26-23(27)20-5-3-6-21(22(20)24(26)28)31-12-4-9-25-10-13-30-14-11-25;1-10-8-12(22-2)7-6-11(10)9-18-16(20)13-4-3-5-14(19)15(13)17(18)21/h3,5-8,15H,4,9-14,16H2,1-2H3;3-8,19H,9H2,1-2H3. The highest BCUT2D eigenvalue weighted by Crippen LogP contribution is 2.34. The number of phenolic OH excluding ortho intramolecular Hbond substituents is 1. The van der Waals surface area contributed by atoms with Crippen molar-refractivity contribution in [2.24, 2.45) is 0 Å². The molecule has 12 nitrogen and oxygen atoms in total. The second-order valence-corrected chi connectivity index (χ2v) is 13.0. The van der Waals surface area contributed by atoms with Gasteiger partial charge in [-0.05, 0) is 91.1 Å². The first kappa shape index (κ1) is 37.1. The highest BCUT2D eigenvalue weighted by molar-refractivity contribution is 6.23. The number of hydrogen-bond donors (Lipinski definition) is 1. The summed E-state index contributed by atoms with van der Waals surface area (Å²) in [7, 11) is 3.20. The second kappa shape index (κ2) is 16.3. The van der Waals surface area contributed by atoms with E-state index in [9.17, 15) is 24.3 Å². The lowest BCUT2D eigenvalue weighted by Crippen LogP contribution is -2.37. The number of aromatic hydroxyl groups is 1. The van der Waals surface area contributed by atoms with Gasteiger partial charge in [0, 0.05) is 19.6 Å². The Balaban J connectivity index is 0.000000192. The van der Waals surface area contributed by atoms with Crippen LogP contribution < -0.4 is 14.2 Å². The zero-order chi connectivity index (χ0) is 37.6. The van der Waals surface area contributed by atoms with Crippen LogP contribution >= 0.6 is 0 Å². The molecule has 1 fully saturated rings. The Labute approximate surface area is 308 Å². The van der Waals surface area contributed by atoms with Crippen LogP contribution in [0.1, 0.15) is 70.1 Å². The Morgan fingerprint density at radius 3 is 1.74 bits per heavy atom. The minimum Gasteiger partial charge on any atom is -0.507 e. The minimum absolute atomic E-state index is 0.0821. The van der Waals surface area contributed by atoms with E-state index in [4.69, 9.17) is 18.9 Å². The van der Waals surface area contributed by atoms with Crippen molar-refractivity contribution in [1.82, 2.24) is 14.7 Å². The van der Waals surface area contributed by atoms with Crippen molar-refractivity contribution in [3.8, 4) is 23.0 Å². The number of morpholine rings is 1. The average molecular weight is 722 g/mol. The lowest BCUT2D eigenvalue weighted by atomic mass is 10.1. The van der Waals surface area contributed by atoms with Crippen LogP contribution in [-0.2, 0) is 17.8 Å². The van der Waals surface area contributed by atoms with Gasteiger partial charge in [-0.3, -0.25) is 33.9 Å². The lowest BCUT2D eigenvalue weighted by Gasteiger charge is -2.26. The topological polar surface area (TPSA) is 135 Å². The van der Waals surface area contributed by atoms with Crippen molar-refractivity contribution < 1.29 is 43.2 Å². The summed E-state index contributed by atoms with van der Waals surface area (Å²) in [5.74, 6) is 0.349. The molecule has 0 spiro atoms. The predicted octanol–water partition coefficient (Wildman–Crippen LogP) is 5.41. The Morgan fingerprint density at radius 2 is 1.21 bits per heavy atom. The Bertz CT molecular complexity index is 2040. The maximum atomic E-state index is 13.1. The number of benzene rings is 4. The fourth-order valence-corrected chi connectivity index (χ4v) is 6.61. The molecule has 0 aliphatic carbocycles. The molecule has 0 atom stereocenters. The molecular formula is C41H43N3O9. The van der Waals surface area contributed by atoms with E-state index in [-0.39, 0.29) is 47.7 Å². The van der Waals surface area contributed by atoms with Gasteiger partial charge in [-0.2, -0.15) is 0 Å². The molecular weight excluding hydrogens is 678 g/mol. The molecule has 0 saturated carbocycles. The molecule has 3 heterocycles. The number of fused-ring (bicyclic) bond motifs is 2. The predicted molar refractivity (Wildman–Crippen MR) is 196 cm³/mol. The minimum atomic E-state index is -0.465. The fraction of sp³-hybridized carbons (Fsp3) is 0.317. The van der Waals surface area contributed by atoms with Crippen molar-refractivity contribution >= 4 is 23.6 Å². The number of hydrogen-bond acceptors (Lipinski definition) is 10. The molecule has 1 saturated heterocycles. The number of carbonyl (C=O) groups excluding carboxylic acids is 4. The molecule has 1 N–H and O–H groups in total. The molecule has 12 heteroatoms. The van der Waals surface area contributed by atoms with Crippen LogP contribution in [0.3, 0.4) is 0 Å². The highest BCUT2D eigenvalue weighted by atomic mass is 16.5. The third-order valence-corrected chi connectivity index (χ3v) is 9.67. The summed E-state index contributed by atoms with van der Waals surface area (Å²) in [6.45, 7) is 9.06. The van der Waals surface area contributed by atoms with Crippen LogP contribution in [0.5, 0.6) is 23.0 Å². The van der Waals surface area contributed by atoms with E-state index in [0.29, 0.717) is 23.5 Å². The van der Waals surface area contributed by atoms with Gasteiger partial charge in [0.1, 0.15) is 23.0 Å². The van der Waals surface area contributed by atoms with Gasteiger partial charge in [0.25, 0.3) is 23.6 Å². The van der Waals surface area contributed by atoms with Gasteiger partial charge in [-0.1, -0.05) is 24.3 Å². The zero-order valence-electron chi connectivity index (χ0n) is 30.3. The van der Waals surface area contributed by atoms with Gasteiger partial charge in [0.2, 0.25) is 0 Å². The van der Waals surface area contributed by atoms with E-state index in [1.54, 1.807) is 50.6 Å². The van der Waals surface area contributed by atoms with Crippen LogP contribution in [-0.4, -0.2) is 97.1 Å². The van der Waals surface area contributed by atoms with Crippen LogP contribution in [0.15, 0.2) is 72.8 Å². The van der Waals surface area contributed by atoms with Crippen LogP contribution in [0.25, 0.3) is 0 Å². The fourth-order valence-electron chi connectivity index (χ4n) is 6.61. The molecule has 4 aromatic carbocycles. The van der Waals surface area contributed by atoms with Gasteiger partial charge in [0.15, 0.2) is 0 Å². The molecule has 0 aromatic heterocycles. The third-order valence-electron chi connectivity index (χ3n) is 9.67. The molecule has 3 aliphatic rings. The SMILES string of the molecule is COc1ccc(CN2C(=O)c3cccc(O)c3C2=O)c(C)c1.COc1ccc(CN2C(=O)c3cccc(OCCCN4CCOCC4)c3C2=O)c(C)c1. The van der Waals surface area contributed by atoms with Crippen LogP contribution in [0.4, 0.5) is 0 Å². The summed E-state index contributed by atoms with van der Waals surface area (Å²) in [6.07, 6.45) is 0.848. The number of rotatable bonds is 11. The van der Waals surface area contributed by atoms with Crippen LogP contribution in [0.2, 0.25) is 0 Å². The number of methoxy groups -OCH3 is 2. The molecule has 0 radical (unpaired) electrons. The number of carbonyl (C=O) groups is 4. The molecule has 4 amide bonds. The molecule has 0 unspecified atom stereocenters. The molecule has 3 aliphatic heterocycles. The normalized spacial score (nSPS) is 15.2. The first-order valence-corrected chi connectivity index (χ1v) is 17.5. The summed E-state index contributed by atoms with van der Waals surface area (Å²) in [6, 6.07) is 20.8. The quantitative estimate of drug-likeness (QED) is 0.158. The molecule has 276 valence electrons. The van der Waals surface area contributed by atoms with Gasteiger partial charge < -0.3 is 24.1 Å². The number of amides is 4. The first-order valence-electron chi connectivity index (χ1n) is 17.5. The van der Waals surface area contributed by atoms with Gasteiger partial charge in [-0.15, -0.1) is 0 Å². The number of phenols is 1. The van der Waals surface area contributed by atoms with Crippen molar-refractivity contribution in [1.29, 1.82) is 0 Å². The van der Waals surface area contributed by atoms with Crippen molar-refractivity contribution in [2.75, 3.05) is 53.7 Å². The molecule has 7 rings (SSSR count). The van der Waals surface area contributed by atoms with E-state index in [1.807, 2.05) is 44.2 Å². The Kier molecular flexibility index (Phi) is 11.4. The van der Waals surface area contributed by atoms with Crippen molar-refractivity contribution in [3.63, 3.8) is 0 Å².